The molecule has 17 heavy (non-hydrogen) atoms. The Kier molecular flexibility index (Phi) is 3.91. The van der Waals surface area contributed by atoms with E-state index >= 15 is 0 Å². The van der Waals surface area contributed by atoms with Gasteiger partial charge in [0.25, 0.3) is 0 Å². The van der Waals surface area contributed by atoms with Crippen LogP contribution in [0, 0.1) is 0 Å². The van der Waals surface area contributed by atoms with Gasteiger partial charge in [-0.1, -0.05) is 0 Å². The molecule has 0 spiro atoms. The molecule has 3 heteroatoms. The fourth-order valence-corrected chi connectivity index (χ4v) is 1.02. The largest absolute Gasteiger partial charge is 0.454 e. The van der Waals surface area contributed by atoms with E-state index in [1.165, 1.54) is 0 Å². The first kappa shape index (κ1) is 13.7. The molecule has 0 aliphatic carbocycles. The summed E-state index contributed by atoms with van der Waals surface area (Å²) in [6.07, 6.45) is 3.52. The van der Waals surface area contributed by atoms with Gasteiger partial charge in [0.1, 0.15) is 11.5 Å². The topological polar surface area (TPSA) is 37.9 Å². The minimum Gasteiger partial charge on any atom is -0.454 e. The molecule has 0 amide bonds. The third kappa shape index (κ3) is 6.05. The molecule has 0 bridgehead atoms. The molecule has 1 rings (SSSR count). The maximum absolute atomic E-state index is 5.58. The van der Waals surface area contributed by atoms with Gasteiger partial charge in [-0.15, -0.1) is 0 Å². The Morgan fingerprint density at radius 1 is 0.824 bits per heavy atom. The molecule has 0 fully saturated rings. The highest BCUT2D eigenvalue weighted by Crippen LogP contribution is 2.10. The van der Waals surface area contributed by atoms with E-state index in [0.29, 0.717) is 0 Å². The predicted molar refractivity (Wildman–Crippen MR) is 73.4 cm³/mol. The minimum absolute atomic E-state index is 0.0769. The average Bonchev–Trinajstić information content (AvgIpc) is 2.57. The van der Waals surface area contributed by atoms with Crippen LogP contribution in [-0.2, 0) is 0 Å². The molecule has 0 aliphatic rings. The SMILES string of the molecule is CC(C)(C)N=Cc1ccc(C=NC(C)(C)C)o1. The molecule has 3 nitrogen and oxygen atoms in total. The van der Waals surface area contributed by atoms with E-state index in [1.54, 1.807) is 12.4 Å². The highest BCUT2D eigenvalue weighted by Gasteiger charge is 2.07. The first-order valence-corrected chi connectivity index (χ1v) is 5.86. The van der Waals surface area contributed by atoms with Crippen LogP contribution in [0.2, 0.25) is 0 Å². The lowest BCUT2D eigenvalue weighted by atomic mass is 10.1. The summed E-state index contributed by atoms with van der Waals surface area (Å²) in [7, 11) is 0. The maximum Gasteiger partial charge on any atom is 0.145 e. The number of rotatable bonds is 2. The first-order valence-electron chi connectivity index (χ1n) is 5.86. The van der Waals surface area contributed by atoms with Crippen LogP contribution >= 0.6 is 0 Å². The number of hydrogen-bond donors (Lipinski definition) is 0. The Balaban J connectivity index is 2.73. The summed E-state index contributed by atoms with van der Waals surface area (Å²) in [5, 5.41) is 0. The lowest BCUT2D eigenvalue weighted by molar-refractivity contribution is 0.540. The van der Waals surface area contributed by atoms with Crippen molar-refractivity contribution in [3.05, 3.63) is 23.7 Å². The molecule has 0 aromatic carbocycles. The highest BCUT2D eigenvalue weighted by molar-refractivity contribution is 5.81. The molecule has 0 saturated heterocycles. The quantitative estimate of drug-likeness (QED) is 0.719. The van der Waals surface area contributed by atoms with Gasteiger partial charge in [-0.05, 0) is 53.7 Å². The normalized spacial score (nSPS) is 14.0. The van der Waals surface area contributed by atoms with Gasteiger partial charge in [0, 0.05) is 0 Å². The Morgan fingerprint density at radius 2 is 1.18 bits per heavy atom. The fourth-order valence-electron chi connectivity index (χ4n) is 1.02. The molecule has 0 aliphatic heterocycles. The predicted octanol–water partition coefficient (Wildman–Crippen LogP) is 3.71. The van der Waals surface area contributed by atoms with Gasteiger partial charge in [0.05, 0.1) is 23.5 Å². The number of aliphatic imine (C=N–C) groups is 2. The van der Waals surface area contributed by atoms with Crippen LogP contribution in [0.15, 0.2) is 26.5 Å². The van der Waals surface area contributed by atoms with Gasteiger partial charge in [-0.3, -0.25) is 9.98 Å². The van der Waals surface area contributed by atoms with E-state index in [-0.39, 0.29) is 11.1 Å². The third-order valence-electron chi connectivity index (χ3n) is 1.81. The molecular formula is C14H22N2O. The maximum atomic E-state index is 5.58. The molecule has 1 aromatic heterocycles. The summed E-state index contributed by atoms with van der Waals surface area (Å²) in [6.45, 7) is 12.3. The van der Waals surface area contributed by atoms with Crippen molar-refractivity contribution in [2.24, 2.45) is 9.98 Å². The van der Waals surface area contributed by atoms with Gasteiger partial charge in [-0.2, -0.15) is 0 Å². The smallest absolute Gasteiger partial charge is 0.145 e. The molecule has 0 atom stereocenters. The van der Waals surface area contributed by atoms with Crippen LogP contribution in [0.5, 0.6) is 0 Å². The van der Waals surface area contributed by atoms with E-state index in [2.05, 4.69) is 51.5 Å². The highest BCUT2D eigenvalue weighted by atomic mass is 16.3. The molecular weight excluding hydrogens is 212 g/mol. The van der Waals surface area contributed by atoms with E-state index in [0.717, 1.165) is 11.5 Å². The number of hydrogen-bond acceptors (Lipinski definition) is 3. The van der Waals surface area contributed by atoms with Crippen molar-refractivity contribution in [2.45, 2.75) is 52.6 Å². The Hall–Kier alpha value is -1.38. The lowest BCUT2D eigenvalue weighted by Gasteiger charge is -2.10. The Labute approximate surface area is 104 Å². The Bertz CT molecular complexity index is 376. The van der Waals surface area contributed by atoms with Gasteiger partial charge < -0.3 is 4.42 Å². The standard InChI is InChI=1S/C14H22N2O/c1-13(2,3)15-9-11-7-8-12(17-11)10-16-14(4,5)6/h7-10H,1-6H3. The monoisotopic (exact) mass is 234 g/mol. The number of furan rings is 1. The van der Waals surface area contributed by atoms with E-state index < -0.39 is 0 Å². The van der Waals surface area contributed by atoms with Crippen LogP contribution in [0.25, 0.3) is 0 Å². The average molecular weight is 234 g/mol. The zero-order valence-electron chi connectivity index (χ0n) is 11.6. The summed E-state index contributed by atoms with van der Waals surface area (Å²) < 4.78 is 5.58. The summed E-state index contributed by atoms with van der Waals surface area (Å²) in [6, 6.07) is 3.80. The van der Waals surface area contributed by atoms with Crippen molar-refractivity contribution in [2.75, 3.05) is 0 Å². The fraction of sp³-hybridized carbons (Fsp3) is 0.571. The zero-order chi connectivity index (χ0) is 13.1. The second-order valence-electron chi connectivity index (χ2n) is 6.10. The Morgan fingerprint density at radius 3 is 1.47 bits per heavy atom. The van der Waals surface area contributed by atoms with E-state index in [1.807, 2.05) is 12.1 Å². The second-order valence-corrected chi connectivity index (χ2v) is 6.10. The zero-order valence-corrected chi connectivity index (χ0v) is 11.6. The molecule has 0 unspecified atom stereocenters. The van der Waals surface area contributed by atoms with Crippen LogP contribution in [0.3, 0.4) is 0 Å². The van der Waals surface area contributed by atoms with Gasteiger partial charge >= 0.3 is 0 Å². The second kappa shape index (κ2) is 4.86. The molecule has 1 heterocycles. The van der Waals surface area contributed by atoms with Crippen LogP contribution in [0.1, 0.15) is 53.1 Å². The van der Waals surface area contributed by atoms with Gasteiger partial charge in [0.15, 0.2) is 0 Å². The van der Waals surface area contributed by atoms with Crippen molar-refractivity contribution in [1.82, 2.24) is 0 Å². The molecule has 0 radical (unpaired) electrons. The van der Waals surface area contributed by atoms with Crippen molar-refractivity contribution >= 4 is 12.4 Å². The summed E-state index contributed by atoms with van der Waals surface area (Å²) >= 11 is 0. The van der Waals surface area contributed by atoms with Crippen molar-refractivity contribution in [3.8, 4) is 0 Å². The van der Waals surface area contributed by atoms with E-state index in [9.17, 15) is 0 Å². The summed E-state index contributed by atoms with van der Waals surface area (Å²) in [5.41, 5.74) is -0.154. The third-order valence-corrected chi connectivity index (χ3v) is 1.81. The van der Waals surface area contributed by atoms with Crippen molar-refractivity contribution in [3.63, 3.8) is 0 Å². The van der Waals surface area contributed by atoms with E-state index in [4.69, 9.17) is 4.42 Å². The first-order chi connectivity index (χ1) is 7.66. The van der Waals surface area contributed by atoms with Crippen molar-refractivity contribution in [1.29, 1.82) is 0 Å². The van der Waals surface area contributed by atoms with Crippen LogP contribution in [0.4, 0.5) is 0 Å². The molecule has 1 aromatic rings. The molecule has 94 valence electrons. The summed E-state index contributed by atoms with van der Waals surface area (Å²) in [4.78, 5) is 8.77. The minimum atomic E-state index is -0.0769. The van der Waals surface area contributed by atoms with Gasteiger partial charge in [0.2, 0.25) is 0 Å². The van der Waals surface area contributed by atoms with Crippen molar-refractivity contribution < 1.29 is 4.42 Å². The molecule has 0 saturated carbocycles. The number of nitrogens with zero attached hydrogens (tertiary/aromatic N) is 2. The summed E-state index contributed by atoms with van der Waals surface area (Å²) in [5.74, 6) is 1.52. The van der Waals surface area contributed by atoms with Gasteiger partial charge in [-0.25, -0.2) is 0 Å². The lowest BCUT2D eigenvalue weighted by Crippen LogP contribution is -2.09. The van der Waals surface area contributed by atoms with Crippen LogP contribution in [-0.4, -0.2) is 23.5 Å². The molecule has 0 N–H and O–H groups in total. The van der Waals surface area contributed by atoms with Crippen LogP contribution < -0.4 is 0 Å².